The molecule has 0 atom stereocenters. The summed E-state index contributed by atoms with van der Waals surface area (Å²) in [4.78, 5) is 32.8. The van der Waals surface area contributed by atoms with E-state index in [1.165, 1.54) is 28.7 Å². The van der Waals surface area contributed by atoms with Crippen LogP contribution in [0, 0.1) is 11.7 Å². The lowest BCUT2D eigenvalue weighted by molar-refractivity contribution is -0.117. The minimum atomic E-state index is -3.92. The lowest BCUT2D eigenvalue weighted by atomic mass is 10.00. The fourth-order valence-corrected chi connectivity index (χ4v) is 6.05. The minimum absolute atomic E-state index is 0.0291. The number of pyridine rings is 1. The molecule has 0 bridgehead atoms. The number of carbonyl (C=O) groups excluding carboxylic acids is 2. The number of ketones is 1. The van der Waals surface area contributed by atoms with E-state index in [0.29, 0.717) is 29.8 Å². The van der Waals surface area contributed by atoms with Crippen LogP contribution in [0.3, 0.4) is 0 Å². The number of amides is 1. The van der Waals surface area contributed by atoms with E-state index in [-0.39, 0.29) is 28.6 Å². The summed E-state index contributed by atoms with van der Waals surface area (Å²) in [5.41, 5.74) is 2.42. The Morgan fingerprint density at radius 3 is 2.46 bits per heavy atom. The highest BCUT2D eigenvalue weighted by molar-refractivity contribution is 7.90. The number of hydrogen-bond donors (Lipinski definition) is 3. The van der Waals surface area contributed by atoms with Crippen molar-refractivity contribution in [3.8, 4) is 11.1 Å². The lowest BCUT2D eigenvalue weighted by Crippen LogP contribution is -2.33. The first-order chi connectivity index (χ1) is 18.8. The van der Waals surface area contributed by atoms with Crippen molar-refractivity contribution in [3.05, 3.63) is 77.9 Å². The van der Waals surface area contributed by atoms with Gasteiger partial charge in [0.2, 0.25) is 5.91 Å². The summed E-state index contributed by atoms with van der Waals surface area (Å²) in [5, 5.41) is 3.41. The van der Waals surface area contributed by atoms with Crippen LogP contribution in [0.5, 0.6) is 0 Å². The smallest absolute Gasteiger partial charge is 0.301 e. The molecule has 3 heterocycles. The molecule has 2 aliphatic rings. The Morgan fingerprint density at radius 1 is 1.00 bits per heavy atom. The quantitative estimate of drug-likeness (QED) is 0.276. The van der Waals surface area contributed by atoms with Crippen molar-refractivity contribution < 1.29 is 22.4 Å². The summed E-state index contributed by atoms with van der Waals surface area (Å²) in [7, 11) is -3.92. The summed E-state index contributed by atoms with van der Waals surface area (Å²) >= 11 is 0. The minimum Gasteiger partial charge on any atom is -0.345 e. The van der Waals surface area contributed by atoms with Crippen molar-refractivity contribution in [2.24, 2.45) is 5.92 Å². The molecular formula is C28H26FN5O4S. The van der Waals surface area contributed by atoms with Crippen LogP contribution in [0.2, 0.25) is 0 Å². The highest BCUT2D eigenvalue weighted by Gasteiger charge is 2.30. The predicted octanol–water partition coefficient (Wildman–Crippen LogP) is 4.70. The number of carbonyl (C=O) groups is 2. The Labute approximate surface area is 224 Å². The number of nitrogens with one attached hydrogen (secondary N) is 3. The maximum Gasteiger partial charge on any atom is 0.301 e. The molecule has 1 amide bonds. The molecule has 0 spiro atoms. The molecule has 2 fully saturated rings. The standard InChI is InChI=1S/C28H26FN5O4S/c29-25-21(4-3-5-24(25)33-39(37,38)34-12-1-2-13-34)26(35)23-16-31-27-22(23)14-19(15-30-27)17-8-10-20(11-9-17)32-28(36)18-6-7-18/h3-5,8-11,14-16,18,33H,1-2,6-7,12-13H2,(H,30,31)(H,32,36). The molecule has 2 aromatic heterocycles. The van der Waals surface area contributed by atoms with E-state index in [0.717, 1.165) is 36.8 Å². The van der Waals surface area contributed by atoms with Crippen LogP contribution in [0.4, 0.5) is 15.8 Å². The number of fused-ring (bicyclic) bond motifs is 1. The molecule has 6 rings (SSSR count). The molecule has 4 aromatic rings. The SMILES string of the molecule is O=C(c1cccc(NS(=O)(=O)N2CCCC2)c1F)c1c[nH]c2ncc(-c3ccc(NC(=O)C4CC4)cc3)cc12. The zero-order valence-electron chi connectivity index (χ0n) is 20.9. The summed E-state index contributed by atoms with van der Waals surface area (Å²) in [5.74, 6) is -1.40. The van der Waals surface area contributed by atoms with Gasteiger partial charge in [-0.25, -0.2) is 9.37 Å². The maximum atomic E-state index is 15.4. The molecule has 200 valence electrons. The number of benzene rings is 2. The van der Waals surface area contributed by atoms with Crippen LogP contribution < -0.4 is 10.0 Å². The second kappa shape index (κ2) is 9.90. The van der Waals surface area contributed by atoms with Gasteiger partial charge in [0.15, 0.2) is 11.6 Å². The number of rotatable bonds is 8. The third-order valence-corrected chi connectivity index (χ3v) is 8.62. The molecule has 1 saturated heterocycles. The van der Waals surface area contributed by atoms with Crippen molar-refractivity contribution >= 4 is 44.3 Å². The van der Waals surface area contributed by atoms with E-state index >= 15 is 4.39 Å². The van der Waals surface area contributed by atoms with Crippen molar-refractivity contribution in [1.29, 1.82) is 0 Å². The van der Waals surface area contributed by atoms with Gasteiger partial charge in [-0.15, -0.1) is 0 Å². The molecule has 0 unspecified atom stereocenters. The fourth-order valence-electron chi connectivity index (χ4n) is 4.75. The monoisotopic (exact) mass is 547 g/mol. The molecule has 3 N–H and O–H groups in total. The second-order valence-corrected chi connectivity index (χ2v) is 11.5. The molecule has 2 aromatic carbocycles. The number of halogens is 1. The molecule has 0 radical (unpaired) electrons. The van der Waals surface area contributed by atoms with Gasteiger partial charge in [0.1, 0.15) is 5.65 Å². The summed E-state index contributed by atoms with van der Waals surface area (Å²) in [6.45, 7) is 0.746. The normalized spacial score (nSPS) is 15.9. The van der Waals surface area contributed by atoms with Crippen LogP contribution in [0.15, 0.2) is 60.9 Å². The van der Waals surface area contributed by atoms with Gasteiger partial charge in [-0.1, -0.05) is 18.2 Å². The second-order valence-electron chi connectivity index (χ2n) is 9.87. The third kappa shape index (κ3) is 5.02. The molecule has 9 nitrogen and oxygen atoms in total. The van der Waals surface area contributed by atoms with Crippen LogP contribution in [0.25, 0.3) is 22.2 Å². The zero-order valence-corrected chi connectivity index (χ0v) is 21.7. The zero-order chi connectivity index (χ0) is 27.1. The molecule has 11 heteroatoms. The Morgan fingerprint density at radius 2 is 1.74 bits per heavy atom. The largest absolute Gasteiger partial charge is 0.345 e. The number of hydrogen-bond acceptors (Lipinski definition) is 5. The van der Waals surface area contributed by atoms with Gasteiger partial charge >= 0.3 is 10.2 Å². The Kier molecular flexibility index (Phi) is 6.40. The van der Waals surface area contributed by atoms with E-state index in [9.17, 15) is 18.0 Å². The summed E-state index contributed by atoms with van der Waals surface area (Å²) in [6.07, 6.45) is 6.49. The average Bonchev–Trinajstić information content (AvgIpc) is 3.45. The summed E-state index contributed by atoms with van der Waals surface area (Å²) in [6, 6.07) is 13.2. The first-order valence-corrected chi connectivity index (χ1v) is 14.2. The molecule has 39 heavy (non-hydrogen) atoms. The Balaban J connectivity index is 1.27. The number of aromatic nitrogens is 2. The molecule has 1 aliphatic carbocycles. The molecule has 1 aliphatic heterocycles. The molecular weight excluding hydrogens is 521 g/mol. The van der Waals surface area contributed by atoms with Gasteiger partial charge in [0.05, 0.1) is 11.3 Å². The van der Waals surface area contributed by atoms with Gasteiger partial charge in [-0.3, -0.25) is 14.3 Å². The fraction of sp³-hybridized carbons (Fsp3) is 0.250. The van der Waals surface area contributed by atoms with Crippen LogP contribution in [0.1, 0.15) is 41.6 Å². The summed E-state index contributed by atoms with van der Waals surface area (Å²) < 4.78 is 44.3. The Bertz CT molecular complexity index is 1690. The van der Waals surface area contributed by atoms with E-state index in [4.69, 9.17) is 0 Å². The number of nitrogens with zero attached hydrogens (tertiary/aromatic N) is 2. The topological polar surface area (TPSA) is 124 Å². The van der Waals surface area contributed by atoms with Crippen molar-refractivity contribution in [1.82, 2.24) is 14.3 Å². The third-order valence-electron chi connectivity index (χ3n) is 7.10. The van der Waals surface area contributed by atoms with Crippen molar-refractivity contribution in [2.75, 3.05) is 23.1 Å². The van der Waals surface area contributed by atoms with Crippen LogP contribution in [-0.2, 0) is 15.0 Å². The van der Waals surface area contributed by atoms with Gasteiger partial charge in [0, 0.05) is 53.6 Å². The van der Waals surface area contributed by atoms with Crippen LogP contribution in [-0.4, -0.2) is 47.5 Å². The van der Waals surface area contributed by atoms with E-state index in [2.05, 4.69) is 20.0 Å². The van der Waals surface area contributed by atoms with Gasteiger partial charge < -0.3 is 10.3 Å². The predicted molar refractivity (Wildman–Crippen MR) is 146 cm³/mol. The van der Waals surface area contributed by atoms with Crippen LogP contribution >= 0.6 is 0 Å². The highest BCUT2D eigenvalue weighted by atomic mass is 32.2. The average molecular weight is 548 g/mol. The first-order valence-electron chi connectivity index (χ1n) is 12.8. The maximum absolute atomic E-state index is 15.4. The van der Waals surface area contributed by atoms with E-state index in [1.807, 2.05) is 24.3 Å². The van der Waals surface area contributed by atoms with E-state index in [1.54, 1.807) is 12.3 Å². The van der Waals surface area contributed by atoms with E-state index < -0.39 is 21.8 Å². The number of anilines is 2. The molecule has 1 saturated carbocycles. The highest BCUT2D eigenvalue weighted by Crippen LogP contribution is 2.32. The lowest BCUT2D eigenvalue weighted by Gasteiger charge is -2.17. The number of H-pyrrole nitrogens is 1. The van der Waals surface area contributed by atoms with Crippen molar-refractivity contribution in [2.45, 2.75) is 25.7 Å². The van der Waals surface area contributed by atoms with Gasteiger partial charge in [-0.05, 0) is 61.6 Å². The first kappa shape index (κ1) is 25.2. The number of aromatic amines is 1. The van der Waals surface area contributed by atoms with Gasteiger partial charge in [-0.2, -0.15) is 12.7 Å². The Hall–Kier alpha value is -4.09. The van der Waals surface area contributed by atoms with Gasteiger partial charge in [0.25, 0.3) is 0 Å². The van der Waals surface area contributed by atoms with Crippen molar-refractivity contribution in [3.63, 3.8) is 0 Å².